The zero-order chi connectivity index (χ0) is 29.3. The van der Waals surface area contributed by atoms with Gasteiger partial charge in [-0.05, 0) is 82.2 Å². The number of hydrogen-bond acceptors (Lipinski definition) is 6. The van der Waals surface area contributed by atoms with Crippen LogP contribution in [0.25, 0.3) is 17.1 Å². The first kappa shape index (κ1) is 29.0. The van der Waals surface area contributed by atoms with Crippen LogP contribution in [0.2, 0.25) is 5.02 Å². The Balaban J connectivity index is 1.33. The lowest BCUT2D eigenvalue weighted by Gasteiger charge is -2.34. The number of aromatic nitrogens is 4. The number of rotatable bonds is 8. The van der Waals surface area contributed by atoms with Crippen molar-refractivity contribution in [2.45, 2.75) is 52.0 Å². The number of anilines is 1. The molecule has 41 heavy (non-hydrogen) atoms. The molecule has 2 N–H and O–H groups in total. The maximum atomic E-state index is 13.3. The number of para-hydroxylation sites is 1. The molecule has 9 nitrogen and oxygen atoms in total. The third-order valence-electron chi connectivity index (χ3n) is 7.91. The third-order valence-corrected chi connectivity index (χ3v) is 8.22. The van der Waals surface area contributed by atoms with Gasteiger partial charge in [-0.1, -0.05) is 49.7 Å². The molecular weight excluding hydrogens is 538 g/mol. The summed E-state index contributed by atoms with van der Waals surface area (Å²) in [4.78, 5) is 39.6. The van der Waals surface area contributed by atoms with E-state index in [9.17, 15) is 9.59 Å². The first-order valence-corrected chi connectivity index (χ1v) is 14.5. The number of aryl methyl sites for hydroxylation is 1. The number of hydrogen-bond donors (Lipinski definition) is 2. The topological polar surface area (TPSA) is 99.1 Å². The van der Waals surface area contributed by atoms with E-state index in [4.69, 9.17) is 16.6 Å². The molecule has 0 bridgehead atoms. The van der Waals surface area contributed by atoms with Crippen LogP contribution in [0.1, 0.15) is 55.3 Å². The minimum Gasteiger partial charge on any atom is -0.325 e. The molecule has 2 aromatic carbocycles. The lowest BCUT2D eigenvalue weighted by atomic mass is 10.0. The standard InChI is InChI=1S/C31H38ClN7O2/c1-19(2)28-27-30(39(36-28)29-20(3)7-6-8-24(29)32)34-25(35-31(27)41)17-21-9-11-22(12-10-21)33-26(40)18-38(5)23-13-15-37(4)16-14-23/h6-12,19,23,36H,13-18H2,1-5H3,(H,33,40). The Morgan fingerprint density at radius 3 is 2.51 bits per heavy atom. The minimum atomic E-state index is -0.314. The summed E-state index contributed by atoms with van der Waals surface area (Å²) >= 11 is 6.59. The van der Waals surface area contributed by atoms with Gasteiger partial charge in [-0.15, -0.1) is 0 Å². The number of likely N-dealkylation sites (tertiary alicyclic amines) is 1. The summed E-state index contributed by atoms with van der Waals surface area (Å²) in [6.45, 7) is 8.50. The maximum Gasteiger partial charge on any atom is 0.284 e. The summed E-state index contributed by atoms with van der Waals surface area (Å²) in [6, 6.07) is 13.7. The molecule has 0 atom stereocenters. The predicted molar refractivity (Wildman–Crippen MR) is 163 cm³/mol. The molecule has 1 fully saturated rings. The molecule has 0 radical (unpaired) electrons. The Morgan fingerprint density at radius 2 is 1.85 bits per heavy atom. The molecule has 0 saturated carbocycles. The van der Waals surface area contributed by atoms with Crippen molar-refractivity contribution in [2.24, 2.45) is 0 Å². The highest BCUT2D eigenvalue weighted by Crippen LogP contribution is 2.32. The molecule has 1 amide bonds. The average Bonchev–Trinajstić information content (AvgIpc) is 3.30. The van der Waals surface area contributed by atoms with E-state index in [-0.39, 0.29) is 17.4 Å². The largest absolute Gasteiger partial charge is 0.325 e. The van der Waals surface area contributed by atoms with Crippen molar-refractivity contribution in [1.29, 1.82) is 0 Å². The lowest BCUT2D eigenvalue weighted by Crippen LogP contribution is -2.44. The van der Waals surface area contributed by atoms with Crippen molar-refractivity contribution in [2.75, 3.05) is 39.0 Å². The molecular formula is C31H38ClN7O2. The molecule has 3 aliphatic heterocycles. The van der Waals surface area contributed by atoms with Crippen LogP contribution >= 0.6 is 11.6 Å². The first-order chi connectivity index (χ1) is 19.6. The molecule has 216 valence electrons. The van der Waals surface area contributed by atoms with Gasteiger partial charge < -0.3 is 10.2 Å². The van der Waals surface area contributed by atoms with Gasteiger partial charge >= 0.3 is 0 Å². The summed E-state index contributed by atoms with van der Waals surface area (Å²) in [5.74, 6) is 0.969. The van der Waals surface area contributed by atoms with Crippen molar-refractivity contribution in [3.63, 3.8) is 0 Å². The van der Waals surface area contributed by atoms with Crippen molar-refractivity contribution >= 4 is 23.2 Å². The molecule has 0 spiro atoms. The zero-order valence-corrected chi connectivity index (χ0v) is 25.1. The van der Waals surface area contributed by atoms with Crippen molar-refractivity contribution in [3.05, 3.63) is 80.5 Å². The zero-order valence-electron chi connectivity index (χ0n) is 24.4. The van der Waals surface area contributed by atoms with Gasteiger partial charge in [-0.3, -0.25) is 19.6 Å². The molecule has 5 rings (SSSR count). The van der Waals surface area contributed by atoms with Gasteiger partial charge in [0, 0.05) is 18.2 Å². The number of carbonyl (C=O) groups excluding carboxylic acids is 1. The molecule has 0 aromatic heterocycles. The summed E-state index contributed by atoms with van der Waals surface area (Å²) < 4.78 is 1.80. The molecule has 0 aliphatic carbocycles. The smallest absolute Gasteiger partial charge is 0.284 e. The third kappa shape index (κ3) is 6.37. The second kappa shape index (κ2) is 12.1. The average molecular weight is 576 g/mol. The Kier molecular flexibility index (Phi) is 8.58. The van der Waals surface area contributed by atoms with Gasteiger partial charge in [0.25, 0.3) is 5.56 Å². The molecule has 3 aliphatic rings. The van der Waals surface area contributed by atoms with Crippen LogP contribution < -0.4 is 10.9 Å². The Labute approximate surface area is 245 Å². The monoisotopic (exact) mass is 575 g/mol. The maximum absolute atomic E-state index is 13.3. The van der Waals surface area contributed by atoms with Gasteiger partial charge in [0.15, 0.2) is 5.82 Å². The van der Waals surface area contributed by atoms with Crippen LogP contribution in [0.4, 0.5) is 5.69 Å². The predicted octanol–water partition coefficient (Wildman–Crippen LogP) is 4.70. The number of nitrogens with one attached hydrogen (secondary N) is 2. The highest BCUT2D eigenvalue weighted by Gasteiger charge is 2.27. The van der Waals surface area contributed by atoms with Crippen molar-refractivity contribution in [3.8, 4) is 17.1 Å². The second-order valence-electron chi connectivity index (χ2n) is 11.4. The van der Waals surface area contributed by atoms with E-state index in [0.717, 1.165) is 54.1 Å². The van der Waals surface area contributed by atoms with Gasteiger partial charge in [0.05, 0.1) is 22.9 Å². The van der Waals surface area contributed by atoms with Crippen LogP contribution in [-0.4, -0.2) is 75.2 Å². The minimum absolute atomic E-state index is 0.0307. The van der Waals surface area contributed by atoms with Gasteiger partial charge in [0.1, 0.15) is 11.4 Å². The number of H-pyrrole nitrogens is 1. The summed E-state index contributed by atoms with van der Waals surface area (Å²) in [6.07, 6.45) is 2.53. The van der Waals surface area contributed by atoms with E-state index in [1.807, 2.05) is 70.3 Å². The lowest BCUT2D eigenvalue weighted by molar-refractivity contribution is -0.117. The van der Waals surface area contributed by atoms with Crippen LogP contribution in [0.5, 0.6) is 0 Å². The van der Waals surface area contributed by atoms with Crippen molar-refractivity contribution in [1.82, 2.24) is 29.5 Å². The van der Waals surface area contributed by atoms with Gasteiger partial charge in [0.2, 0.25) is 5.91 Å². The highest BCUT2D eigenvalue weighted by atomic mass is 35.5. The molecule has 2 aromatic rings. The van der Waals surface area contributed by atoms with E-state index in [1.165, 1.54) is 0 Å². The van der Waals surface area contributed by atoms with Crippen LogP contribution in [0, 0.1) is 6.92 Å². The fraction of sp³-hybridized carbons (Fsp3) is 0.419. The quantitative estimate of drug-likeness (QED) is 0.316. The van der Waals surface area contributed by atoms with E-state index >= 15 is 0 Å². The number of amides is 1. The molecule has 1 saturated heterocycles. The molecule has 10 heteroatoms. The number of benzene rings is 2. The van der Waals surface area contributed by atoms with E-state index in [2.05, 4.69) is 32.2 Å². The first-order valence-electron chi connectivity index (χ1n) is 14.1. The normalized spacial score (nSPS) is 14.8. The summed E-state index contributed by atoms with van der Waals surface area (Å²) in [7, 11) is 4.16. The van der Waals surface area contributed by atoms with E-state index in [1.54, 1.807) is 4.68 Å². The Bertz CT molecular complexity index is 1530. The van der Waals surface area contributed by atoms with Crippen LogP contribution in [0.15, 0.2) is 47.3 Å². The fourth-order valence-electron chi connectivity index (χ4n) is 5.54. The fourth-order valence-corrected chi connectivity index (χ4v) is 5.85. The number of aromatic amines is 1. The Morgan fingerprint density at radius 1 is 1.15 bits per heavy atom. The van der Waals surface area contributed by atoms with E-state index < -0.39 is 0 Å². The van der Waals surface area contributed by atoms with Crippen LogP contribution in [-0.2, 0) is 11.2 Å². The number of nitrogens with zero attached hydrogens (tertiary/aromatic N) is 5. The Hall–Kier alpha value is -3.53. The SMILES string of the molecule is Cc1cccc(Cl)c1-n1[nH]c(C(C)C)c2c(=O)nc(Cc3ccc(NC(=O)CN(C)C4CCN(C)CC4)cc3)nc1-2. The number of halogens is 1. The summed E-state index contributed by atoms with van der Waals surface area (Å²) in [5, 5.41) is 6.93. The highest BCUT2D eigenvalue weighted by molar-refractivity contribution is 6.32. The number of fused-ring (bicyclic) bond motifs is 1. The molecule has 0 unspecified atom stereocenters. The number of carbonyl (C=O) groups is 1. The second-order valence-corrected chi connectivity index (χ2v) is 11.8. The number of likely N-dealkylation sites (N-methyl/N-ethyl adjacent to an activating group) is 1. The molecule has 3 heterocycles. The van der Waals surface area contributed by atoms with Gasteiger partial charge in [-0.2, -0.15) is 4.98 Å². The van der Waals surface area contributed by atoms with Gasteiger partial charge in [-0.25, -0.2) is 9.67 Å². The number of piperidine rings is 1. The van der Waals surface area contributed by atoms with Crippen molar-refractivity contribution < 1.29 is 4.79 Å². The summed E-state index contributed by atoms with van der Waals surface area (Å²) in [5.41, 5.74) is 4.33. The van der Waals surface area contributed by atoms with E-state index in [0.29, 0.717) is 41.2 Å². The van der Waals surface area contributed by atoms with Crippen LogP contribution in [0.3, 0.4) is 0 Å².